The highest BCUT2D eigenvalue weighted by atomic mass is 35.5. The lowest BCUT2D eigenvalue weighted by atomic mass is 10.2. The summed E-state index contributed by atoms with van der Waals surface area (Å²) in [5, 5.41) is 15.1. The van der Waals surface area contributed by atoms with E-state index in [9.17, 15) is 9.59 Å². The summed E-state index contributed by atoms with van der Waals surface area (Å²) in [6.45, 7) is 8.20. The number of rotatable bonds is 5. The standard InChI is InChI=1S/C24H29N7O3.ClH/c1-24(2,3)34-23(33)30-15-13-29(14-16-30)20-11-9-19(10-12-20)25-21(32)17-31-27-22(26-28-31)18-7-5-4-6-8-18;/h4-12H,13-17H2,1-3H3,(H,25,32);1H. The van der Waals surface area contributed by atoms with Crippen molar-refractivity contribution in [2.75, 3.05) is 36.4 Å². The summed E-state index contributed by atoms with van der Waals surface area (Å²) in [6, 6.07) is 17.1. The zero-order valence-electron chi connectivity index (χ0n) is 20.0. The Labute approximate surface area is 210 Å². The number of hydrogen-bond donors (Lipinski definition) is 1. The van der Waals surface area contributed by atoms with Gasteiger partial charge in [0.2, 0.25) is 11.7 Å². The van der Waals surface area contributed by atoms with Crippen molar-refractivity contribution in [1.82, 2.24) is 25.1 Å². The first-order chi connectivity index (χ1) is 16.3. The number of aromatic nitrogens is 4. The summed E-state index contributed by atoms with van der Waals surface area (Å²) in [7, 11) is 0. The SMILES string of the molecule is CC(C)(C)OC(=O)N1CCN(c2ccc(NC(=O)Cn3nnc(-c4ccccc4)n3)cc2)CC1.Cl. The van der Waals surface area contributed by atoms with E-state index in [0.717, 1.165) is 11.3 Å². The molecule has 0 bridgehead atoms. The van der Waals surface area contributed by atoms with Crippen molar-refractivity contribution in [3.63, 3.8) is 0 Å². The number of halogens is 1. The summed E-state index contributed by atoms with van der Waals surface area (Å²) < 4.78 is 5.45. The summed E-state index contributed by atoms with van der Waals surface area (Å²) in [6.07, 6.45) is -0.275. The Morgan fingerprint density at radius 3 is 2.26 bits per heavy atom. The first-order valence-electron chi connectivity index (χ1n) is 11.2. The van der Waals surface area contributed by atoms with Gasteiger partial charge in [-0.25, -0.2) is 4.79 Å². The minimum absolute atomic E-state index is 0. The Morgan fingerprint density at radius 1 is 0.971 bits per heavy atom. The molecular weight excluding hydrogens is 470 g/mol. The molecular formula is C24H30ClN7O3. The molecule has 4 rings (SSSR count). The van der Waals surface area contributed by atoms with Gasteiger partial charge in [-0.05, 0) is 50.3 Å². The number of carbonyl (C=O) groups excluding carboxylic acids is 2. The molecule has 1 N–H and O–H groups in total. The van der Waals surface area contributed by atoms with E-state index in [1.807, 2.05) is 75.4 Å². The van der Waals surface area contributed by atoms with Crippen LogP contribution >= 0.6 is 12.4 Å². The Hall–Kier alpha value is -3.66. The van der Waals surface area contributed by atoms with Crippen LogP contribution in [0.2, 0.25) is 0 Å². The van der Waals surface area contributed by atoms with E-state index in [2.05, 4.69) is 25.6 Å². The van der Waals surface area contributed by atoms with Crippen molar-refractivity contribution >= 4 is 35.8 Å². The van der Waals surface area contributed by atoms with E-state index in [1.165, 1.54) is 4.80 Å². The molecule has 11 heteroatoms. The molecule has 0 unspecified atom stereocenters. The number of anilines is 2. The predicted octanol–water partition coefficient (Wildman–Crippen LogP) is 3.46. The van der Waals surface area contributed by atoms with Crippen LogP contribution in [0.5, 0.6) is 0 Å². The smallest absolute Gasteiger partial charge is 0.410 e. The highest BCUT2D eigenvalue weighted by Crippen LogP contribution is 2.20. The van der Waals surface area contributed by atoms with Gasteiger partial charge in [-0.1, -0.05) is 30.3 Å². The number of hydrogen-bond acceptors (Lipinski definition) is 7. The summed E-state index contributed by atoms with van der Waals surface area (Å²) >= 11 is 0. The first-order valence-corrected chi connectivity index (χ1v) is 11.2. The lowest BCUT2D eigenvalue weighted by Gasteiger charge is -2.36. The molecule has 2 amide bonds. The Balaban J connectivity index is 0.00000342. The van der Waals surface area contributed by atoms with Crippen LogP contribution in [0.4, 0.5) is 16.2 Å². The van der Waals surface area contributed by atoms with Crippen LogP contribution in [0.15, 0.2) is 54.6 Å². The molecule has 2 heterocycles. The quantitative estimate of drug-likeness (QED) is 0.573. The third-order valence-corrected chi connectivity index (χ3v) is 5.22. The van der Waals surface area contributed by atoms with Gasteiger partial charge in [0.1, 0.15) is 12.1 Å². The first kappa shape index (κ1) is 26.0. The van der Waals surface area contributed by atoms with Gasteiger partial charge in [0, 0.05) is 43.1 Å². The fraction of sp³-hybridized carbons (Fsp3) is 0.375. The normalized spacial score (nSPS) is 13.7. The maximum Gasteiger partial charge on any atom is 0.410 e. The van der Waals surface area contributed by atoms with Gasteiger partial charge in [0.25, 0.3) is 0 Å². The Bertz CT molecular complexity index is 1120. The molecule has 0 spiro atoms. The van der Waals surface area contributed by atoms with Gasteiger partial charge in [-0.3, -0.25) is 4.79 Å². The van der Waals surface area contributed by atoms with Crippen molar-refractivity contribution in [1.29, 1.82) is 0 Å². The molecule has 0 radical (unpaired) electrons. The number of nitrogens with zero attached hydrogens (tertiary/aromatic N) is 6. The number of ether oxygens (including phenoxy) is 1. The zero-order valence-corrected chi connectivity index (χ0v) is 20.9. The van der Waals surface area contributed by atoms with E-state index >= 15 is 0 Å². The van der Waals surface area contributed by atoms with Gasteiger partial charge in [-0.15, -0.1) is 22.6 Å². The monoisotopic (exact) mass is 499 g/mol. The Morgan fingerprint density at radius 2 is 1.63 bits per heavy atom. The highest BCUT2D eigenvalue weighted by Gasteiger charge is 2.26. The van der Waals surface area contributed by atoms with Gasteiger partial charge in [0.05, 0.1) is 0 Å². The maximum absolute atomic E-state index is 12.4. The molecule has 0 aliphatic carbocycles. The topological polar surface area (TPSA) is 105 Å². The average Bonchev–Trinajstić information content (AvgIpc) is 3.27. The number of benzene rings is 2. The third-order valence-electron chi connectivity index (χ3n) is 5.22. The maximum atomic E-state index is 12.4. The largest absolute Gasteiger partial charge is 0.444 e. The lowest BCUT2D eigenvalue weighted by Crippen LogP contribution is -2.50. The van der Waals surface area contributed by atoms with Gasteiger partial charge in [0.15, 0.2) is 0 Å². The van der Waals surface area contributed by atoms with Crippen LogP contribution in [-0.2, 0) is 16.1 Å². The molecule has 186 valence electrons. The molecule has 1 aliphatic heterocycles. The number of amides is 2. The number of nitrogens with one attached hydrogen (secondary N) is 1. The summed E-state index contributed by atoms with van der Waals surface area (Å²) in [5.74, 6) is 0.236. The van der Waals surface area contributed by atoms with Crippen LogP contribution in [0, 0.1) is 0 Å². The second-order valence-electron chi connectivity index (χ2n) is 9.06. The van der Waals surface area contributed by atoms with E-state index in [4.69, 9.17) is 4.74 Å². The van der Waals surface area contributed by atoms with Crippen molar-refractivity contribution < 1.29 is 14.3 Å². The van der Waals surface area contributed by atoms with Crippen molar-refractivity contribution in [2.24, 2.45) is 0 Å². The number of piperazine rings is 1. The van der Waals surface area contributed by atoms with Crippen molar-refractivity contribution in [3.05, 3.63) is 54.6 Å². The molecule has 0 atom stereocenters. The van der Waals surface area contributed by atoms with Crippen LogP contribution in [0.25, 0.3) is 11.4 Å². The van der Waals surface area contributed by atoms with E-state index in [1.54, 1.807) is 4.90 Å². The number of tetrazole rings is 1. The molecule has 1 fully saturated rings. The van der Waals surface area contributed by atoms with Gasteiger partial charge >= 0.3 is 6.09 Å². The van der Waals surface area contributed by atoms with E-state index in [0.29, 0.717) is 37.7 Å². The van der Waals surface area contributed by atoms with Crippen molar-refractivity contribution in [2.45, 2.75) is 32.9 Å². The lowest BCUT2D eigenvalue weighted by molar-refractivity contribution is -0.117. The summed E-state index contributed by atoms with van der Waals surface area (Å²) in [4.78, 5) is 29.9. The van der Waals surface area contributed by atoms with Crippen LogP contribution in [0.1, 0.15) is 20.8 Å². The summed E-state index contributed by atoms with van der Waals surface area (Å²) in [5.41, 5.74) is 2.07. The fourth-order valence-electron chi connectivity index (χ4n) is 3.57. The zero-order chi connectivity index (χ0) is 24.1. The van der Waals surface area contributed by atoms with Crippen LogP contribution in [0.3, 0.4) is 0 Å². The van der Waals surface area contributed by atoms with Crippen LogP contribution < -0.4 is 10.2 Å². The second-order valence-corrected chi connectivity index (χ2v) is 9.06. The van der Waals surface area contributed by atoms with E-state index in [-0.39, 0.29) is 31.0 Å². The average molecular weight is 500 g/mol. The highest BCUT2D eigenvalue weighted by molar-refractivity contribution is 5.90. The minimum atomic E-state index is -0.497. The van der Waals surface area contributed by atoms with Gasteiger partial charge in [-0.2, -0.15) is 4.80 Å². The molecule has 1 aliphatic rings. The molecule has 35 heavy (non-hydrogen) atoms. The fourth-order valence-corrected chi connectivity index (χ4v) is 3.57. The molecule has 0 saturated carbocycles. The van der Waals surface area contributed by atoms with Gasteiger partial charge < -0.3 is 19.9 Å². The molecule has 3 aromatic rings. The molecule has 1 aromatic heterocycles. The van der Waals surface area contributed by atoms with Crippen molar-refractivity contribution in [3.8, 4) is 11.4 Å². The molecule has 1 saturated heterocycles. The predicted molar refractivity (Wildman–Crippen MR) is 136 cm³/mol. The molecule has 2 aromatic carbocycles. The third kappa shape index (κ3) is 7.16. The number of carbonyl (C=O) groups is 2. The van der Waals surface area contributed by atoms with E-state index < -0.39 is 5.60 Å². The molecule has 10 nitrogen and oxygen atoms in total. The second kappa shape index (κ2) is 11.2. The minimum Gasteiger partial charge on any atom is -0.444 e. The van der Waals surface area contributed by atoms with Crippen LogP contribution in [-0.4, -0.2) is 68.9 Å². The Kier molecular flexibility index (Phi) is 8.29.